The lowest BCUT2D eigenvalue weighted by Gasteiger charge is -2.13. The summed E-state index contributed by atoms with van der Waals surface area (Å²) in [7, 11) is 0. The normalized spacial score (nSPS) is 24.4. The lowest BCUT2D eigenvalue weighted by Crippen LogP contribution is -2.33. The Bertz CT molecular complexity index is 197. The Morgan fingerprint density at radius 2 is 2.00 bits per heavy atom. The highest BCUT2D eigenvalue weighted by Gasteiger charge is 2.45. The van der Waals surface area contributed by atoms with Crippen LogP contribution in [0.1, 0.15) is 27.2 Å². The minimum atomic E-state index is -0.418. The Labute approximate surface area is 98.3 Å². The van der Waals surface area contributed by atoms with Gasteiger partial charge >= 0.3 is 0 Å². The molecule has 1 rings (SSSR count). The zero-order valence-corrected chi connectivity index (χ0v) is 10.7. The lowest BCUT2D eigenvalue weighted by molar-refractivity contribution is 0.00622. The predicted octanol–water partition coefficient (Wildman–Crippen LogP) is 0.788. The first-order chi connectivity index (χ1) is 7.56. The highest BCUT2D eigenvalue weighted by atomic mass is 16.5. The number of hydrogen-bond donors (Lipinski definition) is 2. The van der Waals surface area contributed by atoms with Gasteiger partial charge in [0.05, 0.1) is 25.9 Å². The molecule has 0 aromatic rings. The Morgan fingerprint density at radius 1 is 1.38 bits per heavy atom. The SMILES string of the molecule is CCOCCOCC(O)CNC1CC1(C)C. The summed E-state index contributed by atoms with van der Waals surface area (Å²) in [6, 6.07) is 0.561. The van der Waals surface area contributed by atoms with Crippen LogP contribution >= 0.6 is 0 Å². The van der Waals surface area contributed by atoms with Gasteiger partial charge in [-0.3, -0.25) is 0 Å². The van der Waals surface area contributed by atoms with Crippen molar-refractivity contribution in [2.24, 2.45) is 5.41 Å². The van der Waals surface area contributed by atoms with Crippen molar-refractivity contribution in [1.29, 1.82) is 0 Å². The number of rotatable bonds is 9. The molecule has 0 aromatic heterocycles. The van der Waals surface area contributed by atoms with Crippen molar-refractivity contribution in [3.05, 3.63) is 0 Å². The molecule has 0 heterocycles. The largest absolute Gasteiger partial charge is 0.389 e. The molecule has 0 aromatic carbocycles. The van der Waals surface area contributed by atoms with E-state index in [-0.39, 0.29) is 0 Å². The van der Waals surface area contributed by atoms with E-state index in [1.807, 2.05) is 6.92 Å². The number of aliphatic hydroxyl groups excluding tert-OH is 1. The quantitative estimate of drug-likeness (QED) is 0.576. The standard InChI is InChI=1S/C12H25NO3/c1-4-15-5-6-16-9-10(14)8-13-11-7-12(11,2)3/h10-11,13-14H,4-9H2,1-3H3. The molecular weight excluding hydrogens is 206 g/mol. The van der Waals surface area contributed by atoms with Crippen LogP contribution in [0.2, 0.25) is 0 Å². The van der Waals surface area contributed by atoms with Crippen molar-refractivity contribution in [1.82, 2.24) is 5.32 Å². The van der Waals surface area contributed by atoms with Gasteiger partial charge in [-0.25, -0.2) is 0 Å². The van der Waals surface area contributed by atoms with Crippen molar-refractivity contribution in [2.75, 3.05) is 33.0 Å². The van der Waals surface area contributed by atoms with Crippen molar-refractivity contribution >= 4 is 0 Å². The molecule has 1 aliphatic carbocycles. The molecule has 1 aliphatic rings. The van der Waals surface area contributed by atoms with E-state index < -0.39 is 6.10 Å². The third-order valence-electron chi connectivity index (χ3n) is 3.00. The number of nitrogens with one attached hydrogen (secondary N) is 1. The average Bonchev–Trinajstić information content (AvgIpc) is 2.83. The van der Waals surface area contributed by atoms with E-state index in [0.29, 0.717) is 44.4 Å². The average molecular weight is 231 g/mol. The number of ether oxygens (including phenoxy) is 2. The summed E-state index contributed by atoms with van der Waals surface area (Å²) in [6.45, 7) is 9.29. The molecule has 2 atom stereocenters. The van der Waals surface area contributed by atoms with Gasteiger partial charge in [-0.15, -0.1) is 0 Å². The first-order valence-electron chi connectivity index (χ1n) is 6.13. The maximum absolute atomic E-state index is 9.62. The molecule has 0 aliphatic heterocycles. The van der Waals surface area contributed by atoms with Crippen LogP contribution in [0, 0.1) is 5.41 Å². The summed E-state index contributed by atoms with van der Waals surface area (Å²) in [5.41, 5.74) is 0.412. The van der Waals surface area contributed by atoms with Gasteiger partial charge in [0.25, 0.3) is 0 Å². The molecule has 0 bridgehead atoms. The van der Waals surface area contributed by atoms with Crippen LogP contribution in [-0.4, -0.2) is 50.2 Å². The molecule has 2 unspecified atom stereocenters. The lowest BCUT2D eigenvalue weighted by atomic mass is 10.2. The molecule has 1 saturated carbocycles. The smallest absolute Gasteiger partial charge is 0.0897 e. The van der Waals surface area contributed by atoms with Crippen LogP contribution in [-0.2, 0) is 9.47 Å². The Morgan fingerprint density at radius 3 is 2.56 bits per heavy atom. The maximum Gasteiger partial charge on any atom is 0.0897 e. The zero-order chi connectivity index (χ0) is 12.0. The molecule has 16 heavy (non-hydrogen) atoms. The fourth-order valence-corrected chi connectivity index (χ4v) is 1.63. The molecule has 1 fully saturated rings. The summed E-state index contributed by atoms with van der Waals surface area (Å²) in [4.78, 5) is 0. The summed E-state index contributed by atoms with van der Waals surface area (Å²) >= 11 is 0. The van der Waals surface area contributed by atoms with Crippen molar-refractivity contribution in [2.45, 2.75) is 39.3 Å². The number of aliphatic hydroxyl groups is 1. The summed E-state index contributed by atoms with van der Waals surface area (Å²) in [5, 5.41) is 13.0. The first-order valence-corrected chi connectivity index (χ1v) is 6.13. The monoisotopic (exact) mass is 231 g/mol. The van der Waals surface area contributed by atoms with Crippen LogP contribution in [0.25, 0.3) is 0 Å². The maximum atomic E-state index is 9.62. The van der Waals surface area contributed by atoms with Crippen LogP contribution < -0.4 is 5.32 Å². The Kier molecular flexibility index (Phi) is 5.69. The van der Waals surface area contributed by atoms with Crippen LogP contribution in [0.15, 0.2) is 0 Å². The van der Waals surface area contributed by atoms with E-state index in [1.54, 1.807) is 0 Å². The summed E-state index contributed by atoms with van der Waals surface area (Å²) in [5.74, 6) is 0. The minimum Gasteiger partial charge on any atom is -0.389 e. The molecule has 0 saturated heterocycles. The second-order valence-corrected chi connectivity index (χ2v) is 5.08. The van der Waals surface area contributed by atoms with Crippen molar-refractivity contribution in [3.8, 4) is 0 Å². The van der Waals surface area contributed by atoms with E-state index >= 15 is 0 Å². The van der Waals surface area contributed by atoms with Crippen molar-refractivity contribution < 1.29 is 14.6 Å². The van der Waals surface area contributed by atoms with Crippen LogP contribution in [0.4, 0.5) is 0 Å². The van der Waals surface area contributed by atoms with E-state index in [2.05, 4.69) is 19.2 Å². The molecule has 4 heteroatoms. The predicted molar refractivity (Wildman–Crippen MR) is 63.5 cm³/mol. The van der Waals surface area contributed by atoms with Gasteiger partial charge < -0.3 is 19.9 Å². The second-order valence-electron chi connectivity index (χ2n) is 5.08. The van der Waals surface area contributed by atoms with E-state index in [1.165, 1.54) is 6.42 Å². The van der Waals surface area contributed by atoms with E-state index in [9.17, 15) is 5.11 Å². The minimum absolute atomic E-state index is 0.382. The van der Waals surface area contributed by atoms with Gasteiger partial charge in [0.1, 0.15) is 0 Å². The summed E-state index contributed by atoms with van der Waals surface area (Å²) in [6.07, 6.45) is 0.781. The van der Waals surface area contributed by atoms with Gasteiger partial charge in [-0.05, 0) is 18.8 Å². The molecule has 2 N–H and O–H groups in total. The summed E-state index contributed by atoms with van der Waals surface area (Å²) < 4.78 is 10.4. The van der Waals surface area contributed by atoms with Crippen molar-refractivity contribution in [3.63, 3.8) is 0 Å². The highest BCUT2D eigenvalue weighted by Crippen LogP contribution is 2.44. The van der Waals surface area contributed by atoms with Gasteiger partial charge in [0, 0.05) is 19.2 Å². The fourth-order valence-electron chi connectivity index (χ4n) is 1.63. The third kappa shape index (κ3) is 5.25. The van der Waals surface area contributed by atoms with Crippen LogP contribution in [0.5, 0.6) is 0 Å². The second kappa shape index (κ2) is 6.55. The van der Waals surface area contributed by atoms with E-state index in [4.69, 9.17) is 9.47 Å². The topological polar surface area (TPSA) is 50.7 Å². The molecule has 96 valence electrons. The Hall–Kier alpha value is -0.160. The Balaban J connectivity index is 1.89. The van der Waals surface area contributed by atoms with Crippen LogP contribution in [0.3, 0.4) is 0 Å². The molecule has 0 radical (unpaired) electrons. The first kappa shape index (κ1) is 13.9. The van der Waals surface area contributed by atoms with Gasteiger partial charge in [-0.1, -0.05) is 13.8 Å². The zero-order valence-electron chi connectivity index (χ0n) is 10.7. The molecule has 0 spiro atoms. The highest BCUT2D eigenvalue weighted by molar-refractivity contribution is 5.01. The van der Waals surface area contributed by atoms with E-state index in [0.717, 1.165) is 0 Å². The van der Waals surface area contributed by atoms with Gasteiger partial charge in [-0.2, -0.15) is 0 Å². The number of hydrogen-bond acceptors (Lipinski definition) is 4. The molecular formula is C12H25NO3. The molecule has 4 nitrogen and oxygen atoms in total. The molecule has 0 amide bonds. The van der Waals surface area contributed by atoms with Gasteiger partial charge in [0.15, 0.2) is 0 Å². The fraction of sp³-hybridized carbons (Fsp3) is 1.00. The third-order valence-corrected chi connectivity index (χ3v) is 3.00. The van der Waals surface area contributed by atoms with Gasteiger partial charge in [0.2, 0.25) is 0 Å².